The van der Waals surface area contributed by atoms with Crippen molar-refractivity contribution in [3.8, 4) is 0 Å². The normalized spacial score (nSPS) is 29.8. The van der Waals surface area contributed by atoms with Gasteiger partial charge in [0.05, 0.1) is 16.9 Å². The van der Waals surface area contributed by atoms with E-state index in [1.807, 2.05) is 6.07 Å². The number of nitrogens with one attached hydrogen (secondary N) is 2. The first-order valence-electron chi connectivity index (χ1n) is 10.0. The minimum atomic E-state index is -0.0963. The van der Waals surface area contributed by atoms with Gasteiger partial charge in [-0.1, -0.05) is 0 Å². The summed E-state index contributed by atoms with van der Waals surface area (Å²) in [6, 6.07) is 2.46. The molecule has 6 rings (SSSR count). The lowest BCUT2D eigenvalue weighted by Crippen LogP contribution is -2.62. The summed E-state index contributed by atoms with van der Waals surface area (Å²) in [6.07, 6.45) is 4.10. The molecule has 2 bridgehead atoms. The van der Waals surface area contributed by atoms with E-state index in [2.05, 4.69) is 37.7 Å². The van der Waals surface area contributed by atoms with Crippen LogP contribution >= 0.6 is 11.3 Å². The van der Waals surface area contributed by atoms with E-state index in [-0.39, 0.29) is 17.9 Å². The molecule has 0 aromatic carbocycles. The number of carbonyl (C=O) groups excluding carboxylic acids is 2. The average molecular weight is 400 g/mol. The third-order valence-corrected chi connectivity index (χ3v) is 7.45. The van der Waals surface area contributed by atoms with Crippen molar-refractivity contribution in [2.45, 2.75) is 31.8 Å². The van der Waals surface area contributed by atoms with Gasteiger partial charge in [-0.05, 0) is 44.8 Å². The summed E-state index contributed by atoms with van der Waals surface area (Å²) in [4.78, 5) is 33.7. The second kappa shape index (κ2) is 7.00. The van der Waals surface area contributed by atoms with Crippen molar-refractivity contribution in [3.05, 3.63) is 23.3 Å². The van der Waals surface area contributed by atoms with Gasteiger partial charge in [0.1, 0.15) is 5.69 Å². The van der Waals surface area contributed by atoms with Gasteiger partial charge in [0.25, 0.3) is 5.91 Å². The highest BCUT2D eigenvalue weighted by Crippen LogP contribution is 2.34. The SMILES string of the molecule is CC1C(NC(=O)c2cc3c(N4CCNC(=O)C4)csc3cn2)C2CCN1CC2. The standard InChI is InChI=1S/C20H25N5O2S/c1-12-19(13-2-5-24(12)6-3-13)23-20(27)15-8-14-16(11-28-17(14)9-22-15)25-7-4-21-18(26)10-25/h8-9,11-13,19H,2-7,10H2,1H3,(H,21,26)(H,23,27). The van der Waals surface area contributed by atoms with Gasteiger partial charge >= 0.3 is 0 Å². The Morgan fingerprint density at radius 2 is 2.14 bits per heavy atom. The van der Waals surface area contributed by atoms with Gasteiger partial charge in [0.2, 0.25) is 5.91 Å². The highest BCUT2D eigenvalue weighted by atomic mass is 32.1. The van der Waals surface area contributed by atoms with Crippen LogP contribution in [0, 0.1) is 5.92 Å². The molecule has 4 saturated heterocycles. The van der Waals surface area contributed by atoms with Crippen molar-refractivity contribution in [2.24, 2.45) is 5.92 Å². The van der Waals surface area contributed by atoms with Gasteiger partial charge in [-0.15, -0.1) is 11.3 Å². The second-order valence-electron chi connectivity index (χ2n) is 8.07. The molecule has 28 heavy (non-hydrogen) atoms. The third-order valence-electron chi connectivity index (χ3n) is 6.53. The molecule has 0 spiro atoms. The lowest BCUT2D eigenvalue weighted by Gasteiger charge is -2.49. The number of anilines is 1. The monoisotopic (exact) mass is 399 g/mol. The van der Waals surface area contributed by atoms with Crippen LogP contribution in [0.15, 0.2) is 17.6 Å². The van der Waals surface area contributed by atoms with Gasteiger partial charge in [-0.3, -0.25) is 14.5 Å². The molecule has 0 radical (unpaired) electrons. The second-order valence-corrected chi connectivity index (χ2v) is 8.98. The first-order valence-corrected chi connectivity index (χ1v) is 10.9. The fourth-order valence-corrected chi connectivity index (χ4v) is 5.82. The fraction of sp³-hybridized carbons (Fsp3) is 0.550. The zero-order valence-electron chi connectivity index (χ0n) is 16.0. The Labute approximate surface area is 168 Å². The molecule has 0 aliphatic carbocycles. The Morgan fingerprint density at radius 3 is 2.89 bits per heavy atom. The molecule has 4 aliphatic heterocycles. The maximum Gasteiger partial charge on any atom is 0.270 e. The Morgan fingerprint density at radius 1 is 1.32 bits per heavy atom. The quantitative estimate of drug-likeness (QED) is 0.817. The number of fused-ring (bicyclic) bond motifs is 4. The predicted octanol–water partition coefficient (Wildman–Crippen LogP) is 1.45. The van der Waals surface area contributed by atoms with Crippen LogP contribution in [0.1, 0.15) is 30.3 Å². The van der Waals surface area contributed by atoms with Crippen LogP contribution in [-0.2, 0) is 4.79 Å². The first-order chi connectivity index (χ1) is 13.6. The summed E-state index contributed by atoms with van der Waals surface area (Å²) in [6.45, 7) is 6.27. The van der Waals surface area contributed by atoms with Gasteiger partial charge in [-0.2, -0.15) is 0 Å². The van der Waals surface area contributed by atoms with E-state index in [0.29, 0.717) is 30.7 Å². The molecule has 2 atom stereocenters. The molecular formula is C20H25N5O2S. The average Bonchev–Trinajstić information content (AvgIpc) is 3.14. The predicted molar refractivity (Wildman–Crippen MR) is 110 cm³/mol. The number of carbonyl (C=O) groups is 2. The number of rotatable bonds is 3. The van der Waals surface area contributed by atoms with E-state index in [1.54, 1.807) is 17.5 Å². The van der Waals surface area contributed by atoms with Crippen molar-refractivity contribution in [1.29, 1.82) is 0 Å². The Hall–Kier alpha value is -2.19. The number of nitrogens with zero attached hydrogens (tertiary/aromatic N) is 3. The maximum absolute atomic E-state index is 13.0. The molecule has 4 fully saturated rings. The minimum Gasteiger partial charge on any atom is -0.359 e. The summed E-state index contributed by atoms with van der Waals surface area (Å²) in [7, 11) is 0. The molecule has 148 valence electrons. The molecule has 2 amide bonds. The van der Waals surface area contributed by atoms with Crippen LogP contribution in [0.5, 0.6) is 0 Å². The first kappa shape index (κ1) is 17.9. The van der Waals surface area contributed by atoms with Crippen LogP contribution in [-0.4, -0.2) is 66.5 Å². The zero-order valence-corrected chi connectivity index (χ0v) is 16.8. The van der Waals surface area contributed by atoms with Crippen molar-refractivity contribution < 1.29 is 9.59 Å². The summed E-state index contributed by atoms with van der Waals surface area (Å²) < 4.78 is 1.04. The molecule has 0 saturated carbocycles. The van der Waals surface area contributed by atoms with E-state index < -0.39 is 0 Å². The molecule has 2 aromatic rings. The number of piperidine rings is 3. The molecule has 6 heterocycles. The molecule has 2 N–H and O–H groups in total. The maximum atomic E-state index is 13.0. The molecule has 7 nitrogen and oxygen atoms in total. The van der Waals surface area contributed by atoms with Crippen LogP contribution in [0.25, 0.3) is 10.1 Å². The lowest BCUT2D eigenvalue weighted by molar-refractivity contribution is -0.120. The number of aromatic nitrogens is 1. The van der Waals surface area contributed by atoms with Gasteiger partial charge in [-0.25, -0.2) is 4.98 Å². The van der Waals surface area contributed by atoms with Crippen molar-refractivity contribution in [1.82, 2.24) is 20.5 Å². The van der Waals surface area contributed by atoms with Gasteiger partial charge in [0.15, 0.2) is 0 Å². The topological polar surface area (TPSA) is 77.6 Å². The fourth-order valence-electron chi connectivity index (χ4n) is 4.90. The summed E-state index contributed by atoms with van der Waals surface area (Å²) >= 11 is 1.60. The zero-order chi connectivity index (χ0) is 19.3. The number of hydrogen-bond donors (Lipinski definition) is 2. The molecule has 8 heteroatoms. The van der Waals surface area contributed by atoms with Crippen LogP contribution in [0.4, 0.5) is 5.69 Å². The third kappa shape index (κ3) is 3.04. The van der Waals surface area contributed by atoms with E-state index in [4.69, 9.17) is 0 Å². The number of hydrogen-bond acceptors (Lipinski definition) is 6. The molecule has 2 unspecified atom stereocenters. The highest BCUT2D eigenvalue weighted by molar-refractivity contribution is 7.17. The Kier molecular flexibility index (Phi) is 4.47. The molecule has 2 aromatic heterocycles. The molecular weight excluding hydrogens is 374 g/mol. The number of pyridine rings is 1. The van der Waals surface area contributed by atoms with Gasteiger partial charge < -0.3 is 15.5 Å². The number of thiophene rings is 1. The van der Waals surface area contributed by atoms with E-state index in [9.17, 15) is 9.59 Å². The Bertz CT molecular complexity index is 918. The minimum absolute atomic E-state index is 0.0361. The number of piperazine rings is 1. The van der Waals surface area contributed by atoms with Crippen molar-refractivity contribution in [2.75, 3.05) is 37.6 Å². The van der Waals surface area contributed by atoms with Crippen molar-refractivity contribution in [3.63, 3.8) is 0 Å². The van der Waals surface area contributed by atoms with E-state index in [0.717, 1.165) is 48.2 Å². The largest absolute Gasteiger partial charge is 0.359 e. The van der Waals surface area contributed by atoms with E-state index >= 15 is 0 Å². The van der Waals surface area contributed by atoms with Crippen LogP contribution in [0.3, 0.4) is 0 Å². The van der Waals surface area contributed by atoms with Crippen molar-refractivity contribution >= 4 is 38.9 Å². The van der Waals surface area contributed by atoms with Gasteiger partial charge in [0, 0.05) is 42.1 Å². The highest BCUT2D eigenvalue weighted by Gasteiger charge is 2.40. The molecule has 4 aliphatic rings. The van der Waals surface area contributed by atoms with Crippen LogP contribution < -0.4 is 15.5 Å². The summed E-state index contributed by atoms with van der Waals surface area (Å²) in [5.74, 6) is 0.506. The summed E-state index contributed by atoms with van der Waals surface area (Å²) in [5.41, 5.74) is 1.47. The summed E-state index contributed by atoms with van der Waals surface area (Å²) in [5, 5.41) is 9.18. The smallest absolute Gasteiger partial charge is 0.270 e. The van der Waals surface area contributed by atoms with Crippen LogP contribution in [0.2, 0.25) is 0 Å². The number of amides is 2. The van der Waals surface area contributed by atoms with E-state index in [1.165, 1.54) is 0 Å². The Balaban J connectivity index is 1.39. The lowest BCUT2D eigenvalue weighted by atomic mass is 9.79.